The van der Waals surface area contributed by atoms with E-state index >= 15 is 0 Å². The summed E-state index contributed by atoms with van der Waals surface area (Å²) in [6, 6.07) is 4.24. The highest BCUT2D eigenvalue weighted by molar-refractivity contribution is 5.65. The third-order valence-corrected chi connectivity index (χ3v) is 3.84. The van der Waals surface area contributed by atoms with Crippen molar-refractivity contribution in [2.75, 3.05) is 0 Å². The van der Waals surface area contributed by atoms with Crippen LogP contribution in [0.4, 0.5) is 17.6 Å². The number of nitrogens with zero attached hydrogens (tertiary/aromatic N) is 2. The summed E-state index contributed by atoms with van der Waals surface area (Å²) in [4.78, 5) is 0. The maximum atomic E-state index is 13.2. The number of halogens is 4. The van der Waals surface area contributed by atoms with Crippen molar-refractivity contribution in [1.29, 1.82) is 0 Å². The van der Waals surface area contributed by atoms with Gasteiger partial charge in [-0.1, -0.05) is 13.8 Å². The smallest absolute Gasteiger partial charge is 0.207 e. The Morgan fingerprint density at radius 1 is 1.05 bits per heavy atom. The Balaban J connectivity index is 2.11. The topological polar surface area (TPSA) is 25.8 Å². The van der Waals surface area contributed by atoms with Gasteiger partial charge in [0.2, 0.25) is 0 Å². The molecule has 0 bridgehead atoms. The van der Waals surface area contributed by atoms with Crippen molar-refractivity contribution in [3.8, 4) is 11.3 Å². The first-order chi connectivity index (χ1) is 10.2. The number of rotatable bonds is 1. The number of hydrogen-bond acceptors (Lipinski definition) is 2. The van der Waals surface area contributed by atoms with Crippen LogP contribution < -0.4 is 0 Å². The zero-order valence-electron chi connectivity index (χ0n) is 12.1. The zero-order valence-corrected chi connectivity index (χ0v) is 12.1. The molecule has 1 heterocycles. The molecular formula is C16H14F4N2. The SMILES string of the molecule is CC1(C)Cc2cc(-c3ccc(F)cc3C(F)(F)F)nnc2C1. The van der Waals surface area contributed by atoms with E-state index in [2.05, 4.69) is 24.0 Å². The van der Waals surface area contributed by atoms with E-state index in [1.54, 1.807) is 6.07 Å². The lowest BCUT2D eigenvalue weighted by molar-refractivity contribution is -0.137. The number of fused-ring (bicyclic) bond motifs is 1. The Bertz CT molecular complexity index is 735. The second-order valence-electron chi connectivity index (χ2n) is 6.41. The zero-order chi connectivity index (χ0) is 16.1. The fourth-order valence-corrected chi connectivity index (χ4v) is 2.89. The first-order valence-corrected chi connectivity index (χ1v) is 6.88. The lowest BCUT2D eigenvalue weighted by Crippen LogP contribution is -2.09. The monoisotopic (exact) mass is 310 g/mol. The first kappa shape index (κ1) is 14.9. The first-order valence-electron chi connectivity index (χ1n) is 6.88. The van der Waals surface area contributed by atoms with Gasteiger partial charge in [0.15, 0.2) is 0 Å². The minimum atomic E-state index is -4.64. The van der Waals surface area contributed by atoms with E-state index in [1.807, 2.05) is 0 Å². The van der Waals surface area contributed by atoms with Crippen LogP contribution in [0.2, 0.25) is 0 Å². The lowest BCUT2D eigenvalue weighted by atomic mass is 9.90. The van der Waals surface area contributed by atoms with Crippen LogP contribution in [0.15, 0.2) is 24.3 Å². The Hall–Kier alpha value is -1.98. The van der Waals surface area contributed by atoms with Crippen LogP contribution in [0.3, 0.4) is 0 Å². The highest BCUT2D eigenvalue weighted by atomic mass is 19.4. The number of alkyl halides is 3. The van der Waals surface area contributed by atoms with E-state index in [-0.39, 0.29) is 16.7 Å². The molecule has 1 aliphatic carbocycles. The molecule has 0 radical (unpaired) electrons. The predicted molar refractivity (Wildman–Crippen MR) is 73.6 cm³/mol. The molecule has 116 valence electrons. The minimum Gasteiger partial charge on any atom is -0.207 e. The summed E-state index contributed by atoms with van der Waals surface area (Å²) >= 11 is 0. The summed E-state index contributed by atoms with van der Waals surface area (Å²) in [6.07, 6.45) is -3.14. The Morgan fingerprint density at radius 2 is 1.77 bits per heavy atom. The molecule has 22 heavy (non-hydrogen) atoms. The number of hydrogen-bond donors (Lipinski definition) is 0. The number of aromatic nitrogens is 2. The maximum absolute atomic E-state index is 13.2. The third-order valence-electron chi connectivity index (χ3n) is 3.84. The van der Waals surface area contributed by atoms with E-state index in [4.69, 9.17) is 0 Å². The van der Waals surface area contributed by atoms with E-state index in [1.165, 1.54) is 0 Å². The van der Waals surface area contributed by atoms with Gasteiger partial charge < -0.3 is 0 Å². The average Bonchev–Trinajstić information content (AvgIpc) is 2.70. The Labute approximate surface area is 125 Å². The summed E-state index contributed by atoms with van der Waals surface area (Å²) in [7, 11) is 0. The highest BCUT2D eigenvalue weighted by Gasteiger charge is 2.35. The molecule has 0 fully saturated rings. The fraction of sp³-hybridized carbons (Fsp3) is 0.375. The van der Waals surface area contributed by atoms with Gasteiger partial charge in [0.05, 0.1) is 17.0 Å². The minimum absolute atomic E-state index is 0.0330. The average molecular weight is 310 g/mol. The van der Waals surface area contributed by atoms with E-state index < -0.39 is 17.6 Å². The van der Waals surface area contributed by atoms with E-state index in [0.717, 1.165) is 36.2 Å². The summed E-state index contributed by atoms with van der Waals surface area (Å²) < 4.78 is 52.5. The molecule has 0 unspecified atom stereocenters. The molecule has 2 aromatic rings. The molecule has 1 aromatic heterocycles. The summed E-state index contributed by atoms with van der Waals surface area (Å²) in [5.41, 5.74) is 0.722. The van der Waals surface area contributed by atoms with Crippen molar-refractivity contribution in [1.82, 2.24) is 10.2 Å². The van der Waals surface area contributed by atoms with Crippen LogP contribution >= 0.6 is 0 Å². The van der Waals surface area contributed by atoms with Crippen molar-refractivity contribution in [2.24, 2.45) is 5.41 Å². The second-order valence-corrected chi connectivity index (χ2v) is 6.41. The van der Waals surface area contributed by atoms with Crippen molar-refractivity contribution < 1.29 is 17.6 Å². The Morgan fingerprint density at radius 3 is 2.45 bits per heavy atom. The molecule has 0 saturated carbocycles. The van der Waals surface area contributed by atoms with Crippen molar-refractivity contribution in [3.63, 3.8) is 0 Å². The summed E-state index contributed by atoms with van der Waals surface area (Å²) in [6.45, 7) is 4.15. The van der Waals surface area contributed by atoms with Gasteiger partial charge >= 0.3 is 6.18 Å². The molecule has 1 aliphatic rings. The lowest BCUT2D eigenvalue weighted by Gasteiger charge is -2.14. The van der Waals surface area contributed by atoms with Gasteiger partial charge in [-0.2, -0.15) is 23.4 Å². The quantitative estimate of drug-likeness (QED) is 0.728. The molecule has 0 saturated heterocycles. The third kappa shape index (κ3) is 2.69. The fourth-order valence-electron chi connectivity index (χ4n) is 2.89. The molecular weight excluding hydrogens is 296 g/mol. The van der Waals surface area contributed by atoms with Gasteiger partial charge in [-0.3, -0.25) is 0 Å². The van der Waals surface area contributed by atoms with Gasteiger partial charge in [0, 0.05) is 5.56 Å². The largest absolute Gasteiger partial charge is 0.417 e. The molecule has 2 nitrogen and oxygen atoms in total. The molecule has 1 aromatic carbocycles. The van der Waals surface area contributed by atoms with Crippen LogP contribution in [0.25, 0.3) is 11.3 Å². The molecule has 3 rings (SSSR count). The second kappa shape index (κ2) is 4.76. The van der Waals surface area contributed by atoms with Gasteiger partial charge in [0.25, 0.3) is 0 Å². The molecule has 0 N–H and O–H groups in total. The van der Waals surface area contributed by atoms with Crippen LogP contribution in [-0.4, -0.2) is 10.2 Å². The molecule has 6 heteroatoms. The van der Waals surface area contributed by atoms with E-state index in [9.17, 15) is 17.6 Å². The predicted octanol–water partition coefficient (Wildman–Crippen LogP) is 4.43. The van der Waals surface area contributed by atoms with Gasteiger partial charge in [-0.25, -0.2) is 4.39 Å². The summed E-state index contributed by atoms with van der Waals surface area (Å²) in [5, 5.41) is 7.98. The van der Waals surface area contributed by atoms with Crippen LogP contribution in [0, 0.1) is 11.2 Å². The van der Waals surface area contributed by atoms with E-state index in [0.29, 0.717) is 6.07 Å². The van der Waals surface area contributed by atoms with Crippen LogP contribution in [-0.2, 0) is 19.0 Å². The molecule has 0 aliphatic heterocycles. The van der Waals surface area contributed by atoms with Crippen LogP contribution in [0.1, 0.15) is 30.7 Å². The highest BCUT2D eigenvalue weighted by Crippen LogP contribution is 2.39. The standard InChI is InChI=1S/C16H14F4N2/c1-15(2)7-9-5-13(21-22-14(9)8-15)11-4-3-10(17)6-12(11)16(18,19)20/h3-6H,7-8H2,1-2H3. The van der Waals surface area contributed by atoms with Crippen molar-refractivity contribution >= 4 is 0 Å². The number of benzene rings is 1. The van der Waals surface area contributed by atoms with Crippen LogP contribution in [0.5, 0.6) is 0 Å². The normalized spacial score (nSPS) is 16.6. The molecule has 0 amide bonds. The van der Waals surface area contributed by atoms with Crippen molar-refractivity contribution in [3.05, 3.63) is 46.9 Å². The maximum Gasteiger partial charge on any atom is 0.417 e. The molecule has 0 spiro atoms. The Kier molecular flexibility index (Phi) is 3.23. The van der Waals surface area contributed by atoms with Gasteiger partial charge in [0.1, 0.15) is 5.82 Å². The molecule has 0 atom stereocenters. The van der Waals surface area contributed by atoms with Gasteiger partial charge in [-0.05, 0) is 48.1 Å². The van der Waals surface area contributed by atoms with Crippen molar-refractivity contribution in [2.45, 2.75) is 32.9 Å². The summed E-state index contributed by atoms with van der Waals surface area (Å²) in [5.74, 6) is -0.925. The van der Waals surface area contributed by atoms with Gasteiger partial charge in [-0.15, -0.1) is 0 Å².